The Morgan fingerprint density at radius 2 is 1.89 bits per heavy atom. The van der Waals surface area contributed by atoms with E-state index in [1.165, 1.54) is 0 Å². The lowest BCUT2D eigenvalue weighted by Crippen LogP contribution is -1.94. The average Bonchev–Trinajstić information content (AvgIpc) is 2.83. The highest BCUT2D eigenvalue weighted by atomic mass is 16.3. The Hall–Kier alpha value is -2.09. The Labute approximate surface area is 105 Å². The van der Waals surface area contributed by atoms with Crippen LogP contribution in [0.4, 0.5) is 0 Å². The van der Waals surface area contributed by atoms with Gasteiger partial charge in [-0.05, 0) is 17.9 Å². The van der Waals surface area contributed by atoms with Crippen molar-refractivity contribution in [3.8, 4) is 0 Å². The predicted molar refractivity (Wildman–Crippen MR) is 73.0 cm³/mol. The molecule has 3 rings (SSSR count). The minimum atomic E-state index is 0.0813. The third-order valence-electron chi connectivity index (χ3n) is 3.16. The van der Waals surface area contributed by atoms with Crippen LogP contribution in [0.5, 0.6) is 0 Å². The Morgan fingerprint density at radius 3 is 2.72 bits per heavy atom. The van der Waals surface area contributed by atoms with E-state index in [4.69, 9.17) is 4.42 Å². The lowest BCUT2D eigenvalue weighted by Gasteiger charge is -1.97. The highest BCUT2D eigenvalue weighted by molar-refractivity contribution is 6.07. The van der Waals surface area contributed by atoms with Crippen LogP contribution in [0.3, 0.4) is 0 Å². The lowest BCUT2D eigenvalue weighted by atomic mass is 10.1. The van der Waals surface area contributed by atoms with Crippen LogP contribution < -0.4 is 0 Å². The third kappa shape index (κ3) is 1.70. The fraction of sp³-hybridized carbons (Fsp3) is 0.188. The van der Waals surface area contributed by atoms with E-state index in [9.17, 15) is 4.79 Å². The zero-order valence-corrected chi connectivity index (χ0v) is 10.3. The number of hydrogen-bond donors (Lipinski definition) is 0. The van der Waals surface area contributed by atoms with E-state index >= 15 is 0 Å². The maximum Gasteiger partial charge on any atom is 0.198 e. The highest BCUT2D eigenvalue weighted by Crippen LogP contribution is 2.28. The standard InChI is InChI=1S/C16H14O2/c1-2-5-14(17)15-10-12-9-8-11-6-3-4-7-13(11)16(12)18-15/h3-4,6-10H,2,5H2,1H3. The van der Waals surface area contributed by atoms with Crippen LogP contribution >= 0.6 is 0 Å². The number of benzene rings is 2. The summed E-state index contributed by atoms with van der Waals surface area (Å²) in [5, 5.41) is 3.19. The first-order valence-electron chi connectivity index (χ1n) is 6.24. The number of hydrogen-bond acceptors (Lipinski definition) is 2. The molecular formula is C16H14O2. The van der Waals surface area contributed by atoms with Crippen molar-refractivity contribution >= 4 is 27.5 Å². The zero-order valence-electron chi connectivity index (χ0n) is 10.3. The first-order valence-corrected chi connectivity index (χ1v) is 6.24. The highest BCUT2D eigenvalue weighted by Gasteiger charge is 2.12. The van der Waals surface area contributed by atoms with Gasteiger partial charge in [0, 0.05) is 17.2 Å². The molecule has 3 aromatic rings. The van der Waals surface area contributed by atoms with Gasteiger partial charge in [0.2, 0.25) is 0 Å². The number of rotatable bonds is 3. The van der Waals surface area contributed by atoms with Gasteiger partial charge in [-0.25, -0.2) is 0 Å². The molecule has 0 N–H and O–H groups in total. The molecule has 1 aromatic heterocycles. The summed E-state index contributed by atoms with van der Waals surface area (Å²) >= 11 is 0. The summed E-state index contributed by atoms with van der Waals surface area (Å²) in [5.74, 6) is 0.556. The van der Waals surface area contributed by atoms with Gasteiger partial charge in [-0.1, -0.05) is 43.3 Å². The molecule has 2 nitrogen and oxygen atoms in total. The van der Waals surface area contributed by atoms with Gasteiger partial charge in [-0.15, -0.1) is 0 Å². The molecule has 0 bridgehead atoms. The van der Waals surface area contributed by atoms with Crippen molar-refractivity contribution in [3.63, 3.8) is 0 Å². The Kier molecular flexibility index (Phi) is 2.63. The molecule has 0 aliphatic carbocycles. The Balaban J connectivity index is 2.22. The van der Waals surface area contributed by atoms with Gasteiger partial charge in [0.15, 0.2) is 11.5 Å². The second kappa shape index (κ2) is 4.30. The molecule has 0 aliphatic rings. The summed E-state index contributed by atoms with van der Waals surface area (Å²) in [6.07, 6.45) is 1.38. The summed E-state index contributed by atoms with van der Waals surface area (Å²) in [4.78, 5) is 11.9. The van der Waals surface area contributed by atoms with E-state index in [-0.39, 0.29) is 5.78 Å². The summed E-state index contributed by atoms with van der Waals surface area (Å²) in [7, 11) is 0. The van der Waals surface area contributed by atoms with E-state index in [0.29, 0.717) is 12.2 Å². The van der Waals surface area contributed by atoms with Crippen LogP contribution in [0.1, 0.15) is 30.3 Å². The first kappa shape index (κ1) is 11.0. The van der Waals surface area contributed by atoms with Crippen LogP contribution in [0.15, 0.2) is 46.9 Å². The van der Waals surface area contributed by atoms with E-state index in [1.807, 2.05) is 43.3 Å². The molecule has 0 amide bonds. The molecule has 0 spiro atoms. The number of fused-ring (bicyclic) bond motifs is 3. The largest absolute Gasteiger partial charge is 0.452 e. The van der Waals surface area contributed by atoms with Crippen molar-refractivity contribution in [1.82, 2.24) is 0 Å². The molecule has 0 fully saturated rings. The van der Waals surface area contributed by atoms with E-state index < -0.39 is 0 Å². The van der Waals surface area contributed by atoms with E-state index in [0.717, 1.165) is 28.2 Å². The molecular weight excluding hydrogens is 224 g/mol. The van der Waals surface area contributed by atoms with Crippen molar-refractivity contribution in [3.05, 3.63) is 48.2 Å². The van der Waals surface area contributed by atoms with Gasteiger partial charge in [0.25, 0.3) is 0 Å². The van der Waals surface area contributed by atoms with Crippen molar-refractivity contribution < 1.29 is 9.21 Å². The molecule has 0 atom stereocenters. The number of carbonyl (C=O) groups excluding carboxylic acids is 1. The second-order valence-corrected chi connectivity index (χ2v) is 4.49. The molecule has 2 heteroatoms. The van der Waals surface area contributed by atoms with Crippen molar-refractivity contribution in [2.45, 2.75) is 19.8 Å². The minimum absolute atomic E-state index is 0.0813. The maximum absolute atomic E-state index is 11.9. The monoisotopic (exact) mass is 238 g/mol. The zero-order chi connectivity index (χ0) is 12.5. The minimum Gasteiger partial charge on any atom is -0.452 e. The lowest BCUT2D eigenvalue weighted by molar-refractivity contribution is 0.0957. The molecule has 0 aliphatic heterocycles. The fourth-order valence-corrected chi connectivity index (χ4v) is 2.26. The summed E-state index contributed by atoms with van der Waals surface area (Å²) in [6.45, 7) is 2.00. The van der Waals surface area contributed by atoms with Crippen molar-refractivity contribution in [2.75, 3.05) is 0 Å². The third-order valence-corrected chi connectivity index (χ3v) is 3.16. The van der Waals surface area contributed by atoms with E-state index in [2.05, 4.69) is 6.07 Å². The molecule has 0 unspecified atom stereocenters. The summed E-state index contributed by atoms with van der Waals surface area (Å²) in [5.41, 5.74) is 0.813. The normalized spacial score (nSPS) is 11.2. The Bertz CT molecular complexity index is 722. The van der Waals surface area contributed by atoms with Crippen molar-refractivity contribution in [2.24, 2.45) is 0 Å². The van der Waals surface area contributed by atoms with Gasteiger partial charge in [-0.3, -0.25) is 4.79 Å². The van der Waals surface area contributed by atoms with Crippen LogP contribution in [0, 0.1) is 0 Å². The number of Topliss-reactive ketones (excluding diaryl/α,β-unsaturated/α-hetero) is 1. The molecule has 18 heavy (non-hydrogen) atoms. The van der Waals surface area contributed by atoms with Crippen LogP contribution in [0.2, 0.25) is 0 Å². The molecule has 90 valence electrons. The summed E-state index contributed by atoms with van der Waals surface area (Å²) < 4.78 is 5.75. The SMILES string of the molecule is CCCC(=O)c1cc2ccc3ccccc3c2o1. The van der Waals surface area contributed by atoms with Gasteiger partial charge >= 0.3 is 0 Å². The summed E-state index contributed by atoms with van der Waals surface area (Å²) in [6, 6.07) is 14.0. The number of furan rings is 1. The van der Waals surface area contributed by atoms with Crippen LogP contribution in [0.25, 0.3) is 21.7 Å². The molecule has 0 saturated heterocycles. The smallest absolute Gasteiger partial charge is 0.198 e. The van der Waals surface area contributed by atoms with E-state index in [1.54, 1.807) is 0 Å². The van der Waals surface area contributed by atoms with Crippen LogP contribution in [-0.2, 0) is 0 Å². The van der Waals surface area contributed by atoms with Gasteiger partial charge < -0.3 is 4.42 Å². The van der Waals surface area contributed by atoms with Crippen molar-refractivity contribution in [1.29, 1.82) is 0 Å². The quantitative estimate of drug-likeness (QED) is 0.626. The maximum atomic E-state index is 11.9. The van der Waals surface area contributed by atoms with Crippen LogP contribution in [-0.4, -0.2) is 5.78 Å². The first-order chi connectivity index (χ1) is 8.79. The molecule has 2 aromatic carbocycles. The van der Waals surface area contributed by atoms with Gasteiger partial charge in [0.1, 0.15) is 5.58 Å². The fourth-order valence-electron chi connectivity index (χ4n) is 2.26. The average molecular weight is 238 g/mol. The molecule has 0 radical (unpaired) electrons. The molecule has 1 heterocycles. The molecule has 0 saturated carbocycles. The topological polar surface area (TPSA) is 30.2 Å². The number of carbonyl (C=O) groups is 1. The predicted octanol–water partition coefficient (Wildman–Crippen LogP) is 4.57. The number of ketones is 1. The second-order valence-electron chi connectivity index (χ2n) is 4.49. The van der Waals surface area contributed by atoms with Gasteiger partial charge in [0.05, 0.1) is 0 Å². The van der Waals surface area contributed by atoms with Gasteiger partial charge in [-0.2, -0.15) is 0 Å². The Morgan fingerprint density at radius 1 is 1.11 bits per heavy atom.